The molecule has 0 aromatic heterocycles. The van der Waals surface area contributed by atoms with Gasteiger partial charge in [0, 0.05) is 22.9 Å². The summed E-state index contributed by atoms with van der Waals surface area (Å²) in [5.41, 5.74) is 2.73. The van der Waals surface area contributed by atoms with E-state index in [1.807, 2.05) is 46.9 Å². The topological polar surface area (TPSA) is 124 Å². The van der Waals surface area contributed by atoms with Crippen LogP contribution in [-0.2, 0) is 32.4 Å². The fraction of sp³-hybridized carbons (Fsp3) is 0.364. The van der Waals surface area contributed by atoms with Gasteiger partial charge in [-0.05, 0) is 64.8 Å². The Hall–Kier alpha value is -2.02. The van der Waals surface area contributed by atoms with Crippen LogP contribution in [-0.4, -0.2) is 60.4 Å². The quantitative estimate of drug-likeness (QED) is 0.447. The van der Waals surface area contributed by atoms with E-state index in [1.165, 1.54) is 11.0 Å². The molecular weight excluding hydrogens is 547 g/mol. The van der Waals surface area contributed by atoms with Gasteiger partial charge in [0.05, 0.1) is 10.9 Å². The summed E-state index contributed by atoms with van der Waals surface area (Å²) in [4.78, 5) is 26.8. The number of carbonyl (C=O) groups excluding carboxylic acids is 2. The molecule has 0 bridgehead atoms. The first-order valence-electron chi connectivity index (χ1n) is 10.0. The number of aliphatic hydroxyl groups is 2. The van der Waals surface area contributed by atoms with Crippen molar-refractivity contribution in [2.75, 3.05) is 12.8 Å². The van der Waals surface area contributed by atoms with E-state index in [-0.39, 0.29) is 4.90 Å². The van der Waals surface area contributed by atoms with Gasteiger partial charge in [-0.3, -0.25) is 9.59 Å². The molecule has 10 heteroatoms. The van der Waals surface area contributed by atoms with Crippen molar-refractivity contribution in [1.29, 1.82) is 0 Å². The van der Waals surface area contributed by atoms with Crippen molar-refractivity contribution >= 4 is 44.2 Å². The number of nitrogens with one attached hydrogen (secondary N) is 1. The lowest BCUT2D eigenvalue weighted by atomic mass is 9.99. The average Bonchev–Trinajstić information content (AvgIpc) is 2.76. The molecule has 0 fully saturated rings. The Kier molecular flexibility index (Phi) is 7.58. The summed E-state index contributed by atoms with van der Waals surface area (Å²) in [5, 5.41) is 23.2. The van der Waals surface area contributed by atoms with Crippen LogP contribution < -0.4 is 5.32 Å². The zero-order valence-corrected chi connectivity index (χ0v) is 20.6. The number of benzene rings is 2. The maximum Gasteiger partial charge on any atom is 0.255 e. The van der Waals surface area contributed by atoms with E-state index in [0.717, 1.165) is 17.4 Å². The van der Waals surface area contributed by atoms with Gasteiger partial charge in [-0.2, -0.15) is 0 Å². The molecule has 1 aliphatic rings. The fourth-order valence-corrected chi connectivity index (χ4v) is 6.09. The van der Waals surface area contributed by atoms with Gasteiger partial charge in [0.25, 0.3) is 11.8 Å². The lowest BCUT2D eigenvalue weighted by molar-refractivity contribution is -0.154. The van der Waals surface area contributed by atoms with E-state index in [4.69, 9.17) is 0 Å². The van der Waals surface area contributed by atoms with Gasteiger partial charge in [0.15, 0.2) is 22.0 Å². The molecule has 2 aromatic rings. The smallest absolute Gasteiger partial charge is 0.255 e. The number of fused-ring (bicyclic) bond motifs is 1. The molecule has 2 aromatic carbocycles. The van der Waals surface area contributed by atoms with Gasteiger partial charge in [0.1, 0.15) is 0 Å². The van der Waals surface area contributed by atoms with Crippen LogP contribution >= 0.6 is 22.6 Å². The number of hydrogen-bond acceptors (Lipinski definition) is 6. The van der Waals surface area contributed by atoms with Crippen LogP contribution in [0.15, 0.2) is 47.4 Å². The summed E-state index contributed by atoms with van der Waals surface area (Å²) in [6, 6.07) is 11.8. The number of halogens is 1. The van der Waals surface area contributed by atoms with Crippen molar-refractivity contribution in [1.82, 2.24) is 10.2 Å². The largest absolute Gasteiger partial charge is 0.380 e. The molecule has 172 valence electrons. The minimum Gasteiger partial charge on any atom is -0.380 e. The first-order chi connectivity index (χ1) is 15.0. The summed E-state index contributed by atoms with van der Waals surface area (Å²) in [6.07, 6.45) is -2.07. The van der Waals surface area contributed by atoms with E-state index in [2.05, 4.69) is 5.32 Å². The van der Waals surface area contributed by atoms with Crippen LogP contribution in [0.4, 0.5) is 0 Å². The highest BCUT2D eigenvalue weighted by Gasteiger charge is 2.35. The third-order valence-electron chi connectivity index (χ3n) is 5.48. The van der Waals surface area contributed by atoms with Crippen molar-refractivity contribution in [3.05, 3.63) is 62.7 Å². The lowest BCUT2D eigenvalue weighted by Gasteiger charge is -2.31. The highest BCUT2D eigenvalue weighted by Crippen LogP contribution is 2.23. The molecule has 1 aliphatic heterocycles. The number of amides is 2. The summed E-state index contributed by atoms with van der Waals surface area (Å²) in [6.45, 7) is 2.36. The van der Waals surface area contributed by atoms with Crippen molar-refractivity contribution < 1.29 is 28.2 Å². The normalized spacial score (nSPS) is 16.6. The van der Waals surface area contributed by atoms with Crippen molar-refractivity contribution in [3.63, 3.8) is 0 Å². The Bertz CT molecular complexity index is 1140. The van der Waals surface area contributed by atoms with Gasteiger partial charge in [-0.1, -0.05) is 30.3 Å². The SMILES string of the molecule is CC(NC(=O)[C@H](O)[C@@H](O)C(=O)N1CCc2ccccc2C1)c1ccc(S(C)(=O)=O)c(I)c1. The number of sulfone groups is 1. The molecule has 2 amide bonds. The summed E-state index contributed by atoms with van der Waals surface area (Å²) in [7, 11) is -3.37. The Morgan fingerprint density at radius 2 is 1.75 bits per heavy atom. The average molecular weight is 572 g/mol. The number of carbonyl (C=O) groups is 2. The van der Waals surface area contributed by atoms with Gasteiger partial charge in [0.2, 0.25) is 0 Å². The molecule has 8 nitrogen and oxygen atoms in total. The number of rotatable bonds is 6. The van der Waals surface area contributed by atoms with Crippen molar-refractivity contribution in [2.24, 2.45) is 0 Å². The Labute approximate surface area is 200 Å². The van der Waals surface area contributed by atoms with Crippen molar-refractivity contribution in [3.8, 4) is 0 Å². The van der Waals surface area contributed by atoms with Crippen LogP contribution in [0.25, 0.3) is 0 Å². The molecule has 0 saturated heterocycles. The van der Waals surface area contributed by atoms with Gasteiger partial charge < -0.3 is 20.4 Å². The molecule has 1 unspecified atom stereocenters. The second kappa shape index (κ2) is 9.86. The molecule has 32 heavy (non-hydrogen) atoms. The molecule has 3 atom stereocenters. The van der Waals surface area contributed by atoms with E-state index < -0.39 is 39.9 Å². The predicted octanol–water partition coefficient (Wildman–Crippen LogP) is 1.18. The zero-order valence-electron chi connectivity index (χ0n) is 17.7. The summed E-state index contributed by atoms with van der Waals surface area (Å²) in [5.74, 6) is -1.60. The number of hydrogen-bond donors (Lipinski definition) is 3. The Morgan fingerprint density at radius 3 is 2.38 bits per heavy atom. The van der Waals surface area contributed by atoms with Crippen LogP contribution in [0, 0.1) is 3.57 Å². The van der Waals surface area contributed by atoms with E-state index >= 15 is 0 Å². The van der Waals surface area contributed by atoms with E-state index in [1.54, 1.807) is 19.1 Å². The van der Waals surface area contributed by atoms with Crippen molar-refractivity contribution in [2.45, 2.75) is 43.0 Å². The van der Waals surface area contributed by atoms with Crippen LogP contribution in [0.3, 0.4) is 0 Å². The molecule has 0 radical (unpaired) electrons. The molecule has 0 spiro atoms. The highest BCUT2D eigenvalue weighted by atomic mass is 127. The Morgan fingerprint density at radius 1 is 1.09 bits per heavy atom. The number of aliphatic hydroxyl groups excluding tert-OH is 2. The maximum atomic E-state index is 12.7. The standard InChI is InChI=1S/C22H25IN2O6S/c1-13(15-7-8-18(17(23)11-15)32(2,30)31)24-21(28)19(26)20(27)22(29)25-10-9-14-5-3-4-6-16(14)12-25/h3-8,11,13,19-20,26-27H,9-10,12H2,1-2H3,(H,24,28)/t13?,19-,20-/m1/s1. The minimum atomic E-state index is -3.37. The first-order valence-corrected chi connectivity index (χ1v) is 13.0. The molecular formula is C22H25IN2O6S. The van der Waals surface area contributed by atoms with Crippen LogP contribution in [0.5, 0.6) is 0 Å². The van der Waals surface area contributed by atoms with Gasteiger partial charge in [-0.25, -0.2) is 8.42 Å². The summed E-state index contributed by atoms with van der Waals surface area (Å²) < 4.78 is 24.0. The van der Waals surface area contributed by atoms with Crippen LogP contribution in [0.2, 0.25) is 0 Å². The molecule has 0 aliphatic carbocycles. The monoisotopic (exact) mass is 572 g/mol. The molecule has 3 rings (SSSR count). The van der Waals surface area contributed by atoms with E-state index in [9.17, 15) is 28.2 Å². The second-order valence-corrected chi connectivity index (χ2v) is 11.0. The summed E-state index contributed by atoms with van der Waals surface area (Å²) >= 11 is 1.90. The molecule has 1 heterocycles. The lowest BCUT2D eigenvalue weighted by Crippen LogP contribution is -2.51. The molecule has 3 N–H and O–H groups in total. The minimum absolute atomic E-state index is 0.185. The van der Waals surface area contributed by atoms with Gasteiger partial charge in [-0.15, -0.1) is 0 Å². The molecule has 0 saturated carbocycles. The predicted molar refractivity (Wildman–Crippen MR) is 126 cm³/mol. The van der Waals surface area contributed by atoms with Gasteiger partial charge >= 0.3 is 0 Å². The fourth-order valence-electron chi connectivity index (χ4n) is 3.62. The van der Waals surface area contributed by atoms with Crippen LogP contribution in [0.1, 0.15) is 29.7 Å². The zero-order chi connectivity index (χ0) is 23.6. The first kappa shape index (κ1) is 24.6. The second-order valence-electron chi connectivity index (χ2n) is 7.86. The van der Waals surface area contributed by atoms with E-state index in [0.29, 0.717) is 28.6 Å². The number of nitrogens with zero attached hydrogens (tertiary/aromatic N) is 1. The highest BCUT2D eigenvalue weighted by molar-refractivity contribution is 14.1. The Balaban J connectivity index is 1.63. The third-order valence-corrected chi connectivity index (χ3v) is 7.89. The third kappa shape index (κ3) is 5.48. The maximum absolute atomic E-state index is 12.7.